The van der Waals surface area contributed by atoms with Gasteiger partial charge in [-0.1, -0.05) is 23.9 Å². The molecule has 136 valence electrons. The number of aromatic nitrogens is 3. The van der Waals surface area contributed by atoms with E-state index in [0.29, 0.717) is 28.1 Å². The van der Waals surface area contributed by atoms with Crippen LogP contribution in [0.3, 0.4) is 0 Å². The highest BCUT2D eigenvalue weighted by molar-refractivity contribution is 7.99. The number of amides is 1. The fourth-order valence-electron chi connectivity index (χ4n) is 2.57. The minimum atomic E-state index is -0.115. The van der Waals surface area contributed by atoms with Gasteiger partial charge < -0.3 is 14.2 Å². The molecule has 0 aliphatic heterocycles. The molecule has 3 aromatic rings. The third-order valence-corrected chi connectivity index (χ3v) is 4.63. The van der Waals surface area contributed by atoms with Crippen LogP contribution in [0.4, 0.5) is 0 Å². The smallest absolute Gasteiger partial charge is 0.234 e. The Labute approximate surface area is 159 Å². The van der Waals surface area contributed by atoms with E-state index in [-0.39, 0.29) is 11.7 Å². The predicted molar refractivity (Wildman–Crippen MR) is 101 cm³/mol. The minimum absolute atomic E-state index is 0.115. The van der Waals surface area contributed by atoms with Crippen LogP contribution in [0.15, 0.2) is 74.7 Å². The van der Waals surface area contributed by atoms with Gasteiger partial charge in [-0.15, -0.1) is 10.2 Å². The maximum absolute atomic E-state index is 12.1. The van der Waals surface area contributed by atoms with Crippen molar-refractivity contribution in [1.29, 1.82) is 0 Å². The molecule has 1 aliphatic carbocycles. The molecule has 4 rings (SSSR count). The van der Waals surface area contributed by atoms with Crippen LogP contribution in [0.5, 0.6) is 0 Å². The molecular weight excluding hydrogens is 364 g/mol. The molecule has 7 nitrogen and oxygen atoms in total. The highest BCUT2D eigenvalue weighted by Gasteiger charge is 2.18. The largest absolute Gasteiger partial charge is 0.463 e. The van der Waals surface area contributed by atoms with Crippen LogP contribution in [0.1, 0.15) is 12.8 Å². The second-order valence-electron chi connectivity index (χ2n) is 5.72. The summed E-state index contributed by atoms with van der Waals surface area (Å²) in [6.07, 6.45) is 11.0. The minimum Gasteiger partial charge on any atom is -0.463 e. The van der Waals surface area contributed by atoms with E-state index >= 15 is 0 Å². The number of allylic oxidation sites excluding steroid dienone is 3. The SMILES string of the molecule is O=C(CSc1nnc(-c2ccco2)c(-c2ccco2)n1)NC1=CCCC=C1. The Balaban J connectivity index is 1.50. The van der Waals surface area contributed by atoms with Crippen LogP contribution in [0, 0.1) is 0 Å². The molecule has 1 aliphatic rings. The number of rotatable bonds is 6. The van der Waals surface area contributed by atoms with E-state index in [1.165, 1.54) is 11.8 Å². The van der Waals surface area contributed by atoms with Gasteiger partial charge in [0.1, 0.15) is 5.69 Å². The lowest BCUT2D eigenvalue weighted by molar-refractivity contribution is -0.117. The number of carbonyl (C=O) groups excluding carboxylic acids is 1. The van der Waals surface area contributed by atoms with Crippen molar-refractivity contribution < 1.29 is 13.6 Å². The summed E-state index contributed by atoms with van der Waals surface area (Å²) in [7, 11) is 0. The fraction of sp³-hybridized carbons (Fsp3) is 0.158. The molecule has 27 heavy (non-hydrogen) atoms. The third kappa shape index (κ3) is 4.17. The van der Waals surface area contributed by atoms with E-state index in [2.05, 4.69) is 20.5 Å². The Hall–Kier alpha value is -3.13. The van der Waals surface area contributed by atoms with Gasteiger partial charge in [-0.25, -0.2) is 4.98 Å². The number of furan rings is 2. The summed E-state index contributed by atoms with van der Waals surface area (Å²) >= 11 is 1.21. The molecule has 0 unspecified atom stereocenters. The number of thioether (sulfide) groups is 1. The molecule has 0 atom stereocenters. The molecule has 3 heterocycles. The van der Waals surface area contributed by atoms with Crippen LogP contribution >= 0.6 is 11.8 Å². The van der Waals surface area contributed by atoms with Gasteiger partial charge >= 0.3 is 0 Å². The number of carbonyl (C=O) groups is 1. The van der Waals surface area contributed by atoms with E-state index in [9.17, 15) is 4.79 Å². The zero-order valence-corrected chi connectivity index (χ0v) is 15.1. The maximum atomic E-state index is 12.1. The number of hydrogen-bond donors (Lipinski definition) is 1. The predicted octanol–water partition coefficient (Wildman–Crippen LogP) is 3.83. The average molecular weight is 380 g/mol. The van der Waals surface area contributed by atoms with Gasteiger partial charge in [-0.2, -0.15) is 0 Å². The molecule has 1 amide bonds. The second kappa shape index (κ2) is 8.05. The van der Waals surface area contributed by atoms with Crippen molar-refractivity contribution in [2.24, 2.45) is 0 Å². The number of nitrogens with one attached hydrogen (secondary N) is 1. The van der Waals surface area contributed by atoms with Crippen molar-refractivity contribution in [3.63, 3.8) is 0 Å². The molecule has 0 spiro atoms. The first kappa shape index (κ1) is 17.3. The van der Waals surface area contributed by atoms with Crippen LogP contribution in [0.25, 0.3) is 22.9 Å². The topological polar surface area (TPSA) is 94.0 Å². The van der Waals surface area contributed by atoms with Gasteiger partial charge in [0, 0.05) is 5.70 Å². The summed E-state index contributed by atoms with van der Waals surface area (Å²) in [6.45, 7) is 0. The van der Waals surface area contributed by atoms with Crippen LogP contribution in [0.2, 0.25) is 0 Å². The van der Waals surface area contributed by atoms with Gasteiger partial charge in [0.15, 0.2) is 17.2 Å². The average Bonchev–Trinajstić information content (AvgIpc) is 3.41. The lowest BCUT2D eigenvalue weighted by atomic mass is 10.1. The van der Waals surface area contributed by atoms with Gasteiger partial charge in [0.25, 0.3) is 0 Å². The molecule has 0 aromatic carbocycles. The van der Waals surface area contributed by atoms with Crippen molar-refractivity contribution in [2.45, 2.75) is 18.0 Å². The quantitative estimate of drug-likeness (QED) is 0.649. The summed E-state index contributed by atoms with van der Waals surface area (Å²) in [6, 6.07) is 7.11. The normalized spacial score (nSPS) is 13.4. The zero-order valence-electron chi connectivity index (χ0n) is 14.3. The Bertz CT molecular complexity index is 979. The van der Waals surface area contributed by atoms with Crippen LogP contribution in [-0.2, 0) is 4.79 Å². The Kier molecular flexibility index (Phi) is 5.15. The van der Waals surface area contributed by atoms with E-state index in [1.54, 1.807) is 36.8 Å². The summed E-state index contributed by atoms with van der Waals surface area (Å²) in [4.78, 5) is 16.7. The first-order valence-corrected chi connectivity index (χ1v) is 9.40. The Morgan fingerprint density at radius 3 is 2.52 bits per heavy atom. The lowest BCUT2D eigenvalue weighted by Crippen LogP contribution is -2.24. The molecule has 0 bridgehead atoms. The lowest BCUT2D eigenvalue weighted by Gasteiger charge is -2.09. The fourth-order valence-corrected chi connectivity index (χ4v) is 3.16. The van der Waals surface area contributed by atoms with Crippen molar-refractivity contribution in [1.82, 2.24) is 20.5 Å². The standard InChI is InChI=1S/C19H16N4O3S/c24-16(20-13-6-2-1-3-7-13)12-27-19-21-17(14-8-4-10-25-14)18(22-23-19)15-9-5-11-26-15/h2,4-11H,1,3,12H2,(H,20,24). The molecule has 0 saturated carbocycles. The van der Waals surface area contributed by atoms with Crippen molar-refractivity contribution in [2.75, 3.05) is 5.75 Å². The van der Waals surface area contributed by atoms with E-state index in [1.807, 2.05) is 18.2 Å². The van der Waals surface area contributed by atoms with Crippen LogP contribution in [-0.4, -0.2) is 26.8 Å². The van der Waals surface area contributed by atoms with Crippen molar-refractivity contribution in [3.8, 4) is 22.9 Å². The summed E-state index contributed by atoms with van der Waals surface area (Å²) in [5.74, 6) is 1.17. The zero-order chi connectivity index (χ0) is 18.5. The van der Waals surface area contributed by atoms with Gasteiger partial charge in [-0.05, 0) is 43.2 Å². The maximum Gasteiger partial charge on any atom is 0.234 e. The van der Waals surface area contributed by atoms with Crippen molar-refractivity contribution in [3.05, 3.63) is 60.7 Å². The molecule has 1 N–H and O–H groups in total. The monoisotopic (exact) mass is 380 g/mol. The molecule has 0 saturated heterocycles. The van der Waals surface area contributed by atoms with E-state index in [4.69, 9.17) is 8.83 Å². The number of hydrogen-bond acceptors (Lipinski definition) is 7. The summed E-state index contributed by atoms with van der Waals surface area (Å²) in [5, 5.41) is 11.6. The number of nitrogens with zero attached hydrogens (tertiary/aromatic N) is 3. The molecule has 0 radical (unpaired) electrons. The first-order chi connectivity index (χ1) is 13.3. The third-order valence-electron chi connectivity index (χ3n) is 3.79. The van der Waals surface area contributed by atoms with Gasteiger partial charge in [0.05, 0.1) is 18.3 Å². The Morgan fingerprint density at radius 1 is 1.07 bits per heavy atom. The van der Waals surface area contributed by atoms with Gasteiger partial charge in [0.2, 0.25) is 11.1 Å². The second-order valence-corrected chi connectivity index (χ2v) is 6.66. The highest BCUT2D eigenvalue weighted by atomic mass is 32.2. The van der Waals surface area contributed by atoms with E-state index in [0.717, 1.165) is 18.5 Å². The summed E-state index contributed by atoms with van der Waals surface area (Å²) in [5.41, 5.74) is 1.84. The van der Waals surface area contributed by atoms with Crippen molar-refractivity contribution >= 4 is 17.7 Å². The summed E-state index contributed by atoms with van der Waals surface area (Å²) < 4.78 is 10.9. The Morgan fingerprint density at radius 2 is 1.85 bits per heavy atom. The molecule has 8 heteroatoms. The first-order valence-electron chi connectivity index (χ1n) is 8.41. The van der Waals surface area contributed by atoms with Crippen LogP contribution < -0.4 is 5.32 Å². The molecule has 3 aromatic heterocycles. The van der Waals surface area contributed by atoms with Gasteiger partial charge in [-0.3, -0.25) is 4.79 Å². The molecular formula is C19H16N4O3S. The molecule has 0 fully saturated rings. The van der Waals surface area contributed by atoms with E-state index < -0.39 is 0 Å². The highest BCUT2D eigenvalue weighted by Crippen LogP contribution is 2.30.